The van der Waals surface area contributed by atoms with Crippen LogP contribution in [0, 0.1) is 6.92 Å². The maximum atomic E-state index is 11.5. The van der Waals surface area contributed by atoms with E-state index in [2.05, 4.69) is 14.9 Å². The van der Waals surface area contributed by atoms with Crippen LogP contribution in [0.3, 0.4) is 0 Å². The summed E-state index contributed by atoms with van der Waals surface area (Å²) in [4.78, 5) is 16.1. The third kappa shape index (κ3) is 2.63. The number of carboxylic acids is 1. The predicted octanol–water partition coefficient (Wildman–Crippen LogP) is 0.338. The first-order chi connectivity index (χ1) is 10.1. The lowest BCUT2D eigenvalue weighted by molar-refractivity contribution is 0.0209. The fraction of sp³-hybridized carbons (Fsp3) is 0.714. The number of morpholine rings is 1. The van der Waals surface area contributed by atoms with Crippen molar-refractivity contribution >= 4 is 11.8 Å². The molecular formula is C14H22N4O3. The van der Waals surface area contributed by atoms with E-state index in [4.69, 9.17) is 4.74 Å². The third-order valence-corrected chi connectivity index (χ3v) is 4.43. The summed E-state index contributed by atoms with van der Waals surface area (Å²) in [5.41, 5.74) is 0.912. The van der Waals surface area contributed by atoms with Gasteiger partial charge in [-0.25, -0.2) is 4.79 Å². The molecule has 1 aromatic heterocycles. The summed E-state index contributed by atoms with van der Waals surface area (Å²) in [6.07, 6.45) is 1.06. The summed E-state index contributed by atoms with van der Waals surface area (Å²) in [6.45, 7) is 7.01. The molecule has 2 saturated heterocycles. The lowest BCUT2D eigenvalue weighted by Gasteiger charge is -2.32. The van der Waals surface area contributed by atoms with Crippen LogP contribution in [0.25, 0.3) is 0 Å². The smallest absolute Gasteiger partial charge is 0.341 e. The van der Waals surface area contributed by atoms with Crippen molar-refractivity contribution in [2.24, 2.45) is 7.05 Å². The molecule has 1 aromatic rings. The molecule has 0 bridgehead atoms. The fourth-order valence-corrected chi connectivity index (χ4v) is 3.43. The van der Waals surface area contributed by atoms with Gasteiger partial charge in [-0.2, -0.15) is 5.10 Å². The average molecular weight is 294 g/mol. The number of hydrogen-bond donors (Lipinski definition) is 1. The van der Waals surface area contributed by atoms with Crippen LogP contribution in [-0.2, 0) is 11.8 Å². The van der Waals surface area contributed by atoms with Crippen LogP contribution in [0.2, 0.25) is 0 Å². The summed E-state index contributed by atoms with van der Waals surface area (Å²) in [7, 11) is 1.82. The first kappa shape index (κ1) is 14.3. The molecule has 21 heavy (non-hydrogen) atoms. The number of aromatic nitrogens is 2. The second-order valence-electron chi connectivity index (χ2n) is 5.75. The second-order valence-corrected chi connectivity index (χ2v) is 5.75. The highest BCUT2D eigenvalue weighted by atomic mass is 16.5. The molecule has 1 unspecified atom stereocenters. The minimum atomic E-state index is -0.898. The fourth-order valence-electron chi connectivity index (χ4n) is 3.43. The molecule has 3 rings (SSSR count). The van der Waals surface area contributed by atoms with Gasteiger partial charge in [-0.3, -0.25) is 9.58 Å². The summed E-state index contributed by atoms with van der Waals surface area (Å²) < 4.78 is 7.09. The van der Waals surface area contributed by atoms with E-state index in [1.807, 2.05) is 7.05 Å². The average Bonchev–Trinajstić information content (AvgIpc) is 3.04. The SMILES string of the molecule is Cc1nn(C)c(N2CCC(N3CCOCC3)C2)c1C(=O)O. The van der Waals surface area contributed by atoms with Gasteiger partial charge in [0.15, 0.2) is 0 Å². The maximum absolute atomic E-state index is 11.5. The molecular weight excluding hydrogens is 272 g/mol. The zero-order valence-corrected chi connectivity index (χ0v) is 12.6. The summed E-state index contributed by atoms with van der Waals surface area (Å²) in [5.74, 6) is -0.166. The molecule has 116 valence electrons. The standard InChI is InChI=1S/C14H22N4O3/c1-10-12(14(19)20)13(16(2)15-10)18-4-3-11(9-18)17-5-7-21-8-6-17/h11H,3-9H2,1-2H3,(H,19,20). The van der Waals surface area contributed by atoms with Crippen LogP contribution in [0.15, 0.2) is 0 Å². The Morgan fingerprint density at radius 2 is 2.05 bits per heavy atom. The number of ether oxygens (including phenoxy) is 1. The number of carboxylic acid groups (broad SMARTS) is 1. The van der Waals surface area contributed by atoms with E-state index in [9.17, 15) is 9.90 Å². The van der Waals surface area contributed by atoms with Crippen molar-refractivity contribution < 1.29 is 14.6 Å². The monoisotopic (exact) mass is 294 g/mol. The van der Waals surface area contributed by atoms with E-state index in [0.717, 1.165) is 51.6 Å². The van der Waals surface area contributed by atoms with Crippen molar-refractivity contribution in [2.75, 3.05) is 44.3 Å². The molecule has 3 heterocycles. The molecule has 2 aliphatic heterocycles. The summed E-state index contributed by atoms with van der Waals surface area (Å²) >= 11 is 0. The first-order valence-corrected chi connectivity index (χ1v) is 7.41. The maximum Gasteiger partial charge on any atom is 0.341 e. The van der Waals surface area contributed by atoms with E-state index in [1.165, 1.54) is 0 Å². The molecule has 0 saturated carbocycles. The molecule has 7 heteroatoms. The summed E-state index contributed by atoms with van der Waals surface area (Å²) in [5, 5.41) is 13.7. The number of rotatable bonds is 3. The first-order valence-electron chi connectivity index (χ1n) is 7.41. The molecule has 0 aliphatic carbocycles. The lowest BCUT2D eigenvalue weighted by atomic mass is 10.2. The van der Waals surface area contributed by atoms with E-state index < -0.39 is 5.97 Å². The Labute approximate surface area is 124 Å². The number of aromatic carboxylic acids is 1. The Balaban J connectivity index is 1.78. The van der Waals surface area contributed by atoms with Crippen molar-refractivity contribution in [3.63, 3.8) is 0 Å². The minimum absolute atomic E-state index is 0.333. The Morgan fingerprint density at radius 3 is 2.71 bits per heavy atom. The van der Waals surface area contributed by atoms with Gasteiger partial charge in [0.1, 0.15) is 11.4 Å². The van der Waals surface area contributed by atoms with Gasteiger partial charge in [0, 0.05) is 39.3 Å². The zero-order valence-electron chi connectivity index (χ0n) is 12.6. The largest absolute Gasteiger partial charge is 0.477 e. The van der Waals surface area contributed by atoms with Gasteiger partial charge in [-0.15, -0.1) is 0 Å². The minimum Gasteiger partial charge on any atom is -0.477 e. The van der Waals surface area contributed by atoms with Crippen LogP contribution >= 0.6 is 0 Å². The predicted molar refractivity (Wildman–Crippen MR) is 77.9 cm³/mol. The molecule has 2 aliphatic rings. The molecule has 0 amide bonds. The number of hydrogen-bond acceptors (Lipinski definition) is 5. The Morgan fingerprint density at radius 1 is 1.33 bits per heavy atom. The van der Waals surface area contributed by atoms with Crippen molar-refractivity contribution in [1.29, 1.82) is 0 Å². The molecule has 1 atom stereocenters. The highest BCUT2D eigenvalue weighted by molar-refractivity contribution is 5.95. The number of carbonyl (C=O) groups is 1. The Kier molecular flexibility index (Phi) is 3.86. The number of nitrogens with zero attached hydrogens (tertiary/aromatic N) is 4. The van der Waals surface area contributed by atoms with Crippen molar-refractivity contribution in [1.82, 2.24) is 14.7 Å². The van der Waals surface area contributed by atoms with Crippen LogP contribution in [0.4, 0.5) is 5.82 Å². The van der Waals surface area contributed by atoms with Gasteiger partial charge >= 0.3 is 5.97 Å². The zero-order chi connectivity index (χ0) is 15.0. The van der Waals surface area contributed by atoms with E-state index in [1.54, 1.807) is 11.6 Å². The van der Waals surface area contributed by atoms with Crippen molar-refractivity contribution in [3.8, 4) is 0 Å². The molecule has 0 radical (unpaired) electrons. The van der Waals surface area contributed by atoms with E-state index in [0.29, 0.717) is 17.3 Å². The van der Waals surface area contributed by atoms with Gasteiger partial charge in [-0.1, -0.05) is 0 Å². The lowest BCUT2D eigenvalue weighted by Crippen LogP contribution is -2.44. The molecule has 2 fully saturated rings. The van der Waals surface area contributed by atoms with Gasteiger partial charge in [0.05, 0.1) is 18.9 Å². The topological polar surface area (TPSA) is 70.8 Å². The van der Waals surface area contributed by atoms with Crippen molar-refractivity contribution in [2.45, 2.75) is 19.4 Å². The Bertz CT molecular complexity index is 537. The van der Waals surface area contributed by atoms with E-state index in [-0.39, 0.29) is 0 Å². The molecule has 7 nitrogen and oxygen atoms in total. The molecule has 0 spiro atoms. The van der Waals surface area contributed by atoms with Gasteiger partial charge < -0.3 is 14.7 Å². The summed E-state index contributed by atoms with van der Waals surface area (Å²) in [6, 6.07) is 0.478. The second kappa shape index (κ2) is 5.65. The van der Waals surface area contributed by atoms with E-state index >= 15 is 0 Å². The van der Waals surface area contributed by atoms with Crippen LogP contribution in [0.1, 0.15) is 22.5 Å². The molecule has 0 aromatic carbocycles. The quantitative estimate of drug-likeness (QED) is 0.867. The van der Waals surface area contributed by atoms with Gasteiger partial charge in [-0.05, 0) is 13.3 Å². The van der Waals surface area contributed by atoms with Gasteiger partial charge in [0.2, 0.25) is 0 Å². The Hall–Kier alpha value is -1.60. The van der Waals surface area contributed by atoms with Gasteiger partial charge in [0.25, 0.3) is 0 Å². The van der Waals surface area contributed by atoms with Crippen molar-refractivity contribution in [3.05, 3.63) is 11.3 Å². The normalized spacial score (nSPS) is 23.7. The number of aryl methyl sites for hydroxylation is 2. The molecule has 1 N–H and O–H groups in total. The third-order valence-electron chi connectivity index (χ3n) is 4.43. The van der Waals surface area contributed by atoms with Crippen LogP contribution in [0.5, 0.6) is 0 Å². The van der Waals surface area contributed by atoms with Crippen LogP contribution in [-0.4, -0.2) is 71.2 Å². The van der Waals surface area contributed by atoms with Crippen LogP contribution < -0.4 is 4.90 Å². The highest BCUT2D eigenvalue weighted by Gasteiger charge is 2.33. The number of anilines is 1. The highest BCUT2D eigenvalue weighted by Crippen LogP contribution is 2.28.